The van der Waals surface area contributed by atoms with Crippen molar-refractivity contribution >= 4 is 0 Å². The summed E-state index contributed by atoms with van der Waals surface area (Å²) >= 11 is 0. The molecule has 0 unspecified atom stereocenters. The van der Waals surface area contributed by atoms with Crippen LogP contribution in [-0.2, 0) is 27.3 Å². The maximum atomic E-state index is 2.21. The predicted octanol–water partition coefficient (Wildman–Crippen LogP) is 2.19. The first-order valence-electron chi connectivity index (χ1n) is 2.41. The number of rotatable bonds is 2. The van der Waals surface area contributed by atoms with Crippen molar-refractivity contribution in [2.24, 2.45) is 0 Å². The molecule has 0 spiro atoms. The molecular weight excluding hydrogens is 172 g/mol. The van der Waals surface area contributed by atoms with Gasteiger partial charge in [-0.2, -0.15) is 0 Å². The van der Waals surface area contributed by atoms with Crippen molar-refractivity contribution in [3.63, 3.8) is 0 Å². The Hall–Kier alpha value is 0.922. The van der Waals surface area contributed by atoms with Crippen molar-refractivity contribution in [1.29, 1.82) is 0 Å². The molecule has 0 aliphatic heterocycles. The van der Waals surface area contributed by atoms with Crippen LogP contribution >= 0.6 is 0 Å². The van der Waals surface area contributed by atoms with Gasteiger partial charge in [0.1, 0.15) is 0 Å². The summed E-state index contributed by atoms with van der Waals surface area (Å²) in [6.45, 7) is 4.42. The van der Waals surface area contributed by atoms with Crippen LogP contribution in [0.25, 0.3) is 0 Å². The van der Waals surface area contributed by atoms with Gasteiger partial charge in [-0.3, -0.25) is 0 Å². The van der Waals surface area contributed by atoms with Gasteiger partial charge >= 0.3 is 0 Å². The summed E-state index contributed by atoms with van der Waals surface area (Å²) in [5.74, 6) is 0. The quantitative estimate of drug-likeness (QED) is 0.577. The fourth-order valence-corrected chi connectivity index (χ4v) is 0.354. The van der Waals surface area contributed by atoms with Gasteiger partial charge < -0.3 is 0 Å². The molecule has 0 aromatic rings. The first-order chi connectivity index (χ1) is 2.41. The van der Waals surface area contributed by atoms with Crippen LogP contribution < -0.4 is 0 Å². The Morgan fingerprint density at radius 3 is 1.33 bits per heavy atom. The second-order valence-corrected chi connectivity index (χ2v) is 1.35. The van der Waals surface area contributed by atoms with Crippen molar-refractivity contribution in [2.75, 3.05) is 0 Å². The maximum absolute atomic E-state index is 2.21. The fourth-order valence-electron chi connectivity index (χ4n) is 0.354. The van der Waals surface area contributed by atoms with E-state index in [1.54, 1.807) is 0 Å². The van der Waals surface area contributed by atoms with Crippen LogP contribution in [0.3, 0.4) is 0 Å². The standard InChI is InChI=1S/C5H12.Cd/c1-3-5-4-2;/h3-5H2,1-2H3;. The molecule has 0 N–H and O–H groups in total. The molecule has 0 radical (unpaired) electrons. The fraction of sp³-hybridized carbons (Fsp3) is 1.00. The van der Waals surface area contributed by atoms with E-state index in [0.717, 1.165) is 0 Å². The second kappa shape index (κ2) is 9.33. The van der Waals surface area contributed by atoms with E-state index in [1.807, 2.05) is 0 Å². The van der Waals surface area contributed by atoms with Gasteiger partial charge in [-0.05, 0) is 0 Å². The van der Waals surface area contributed by atoms with Crippen LogP contribution in [0, 0.1) is 0 Å². The van der Waals surface area contributed by atoms with Crippen molar-refractivity contribution in [2.45, 2.75) is 33.1 Å². The largest absolute Gasteiger partial charge is 0.0654 e. The first-order valence-corrected chi connectivity index (χ1v) is 2.41. The minimum atomic E-state index is 0. The summed E-state index contributed by atoms with van der Waals surface area (Å²) in [5.41, 5.74) is 0. The third kappa shape index (κ3) is 8.87. The van der Waals surface area contributed by atoms with Gasteiger partial charge in [0.05, 0.1) is 0 Å². The molecule has 0 fully saturated rings. The van der Waals surface area contributed by atoms with Crippen LogP contribution in [0.2, 0.25) is 0 Å². The molecule has 0 nitrogen and oxygen atoms in total. The molecule has 0 aromatic heterocycles. The van der Waals surface area contributed by atoms with Crippen LogP contribution in [0.5, 0.6) is 0 Å². The molecule has 0 amide bonds. The van der Waals surface area contributed by atoms with Crippen molar-refractivity contribution in [1.82, 2.24) is 0 Å². The van der Waals surface area contributed by atoms with Gasteiger partial charge in [-0.1, -0.05) is 33.1 Å². The molecule has 0 saturated carbocycles. The molecule has 0 aliphatic rings. The molecule has 0 aromatic carbocycles. The van der Waals surface area contributed by atoms with Crippen LogP contribution in [0.15, 0.2) is 0 Å². The van der Waals surface area contributed by atoms with E-state index in [2.05, 4.69) is 13.8 Å². The van der Waals surface area contributed by atoms with Gasteiger partial charge in [-0.15, -0.1) is 0 Å². The number of hydrogen-bond acceptors (Lipinski definition) is 0. The van der Waals surface area contributed by atoms with E-state index in [1.165, 1.54) is 19.3 Å². The van der Waals surface area contributed by atoms with Crippen LogP contribution in [0.4, 0.5) is 0 Å². The smallest absolute Gasteiger partial charge is 0 e. The number of hydrogen-bond donors (Lipinski definition) is 0. The molecular formula is C5H12Cd. The van der Waals surface area contributed by atoms with Crippen LogP contribution in [0.1, 0.15) is 33.1 Å². The van der Waals surface area contributed by atoms with E-state index in [-0.39, 0.29) is 27.3 Å². The first kappa shape index (κ1) is 10.0. The van der Waals surface area contributed by atoms with Gasteiger partial charge in [-0.25, -0.2) is 0 Å². The Morgan fingerprint density at radius 1 is 1.00 bits per heavy atom. The SMILES string of the molecule is CCCCC.[Cd]. The Labute approximate surface area is 60.5 Å². The zero-order chi connectivity index (χ0) is 4.12. The average molecular weight is 185 g/mol. The van der Waals surface area contributed by atoms with E-state index in [4.69, 9.17) is 0 Å². The number of unbranched alkanes of at least 4 members (excludes halogenated alkanes) is 2. The predicted molar refractivity (Wildman–Crippen MR) is 25.2 cm³/mol. The molecule has 0 rings (SSSR count). The average Bonchev–Trinajstić information content (AvgIpc) is 1.41. The van der Waals surface area contributed by atoms with E-state index in [0.29, 0.717) is 0 Å². The molecule has 0 bridgehead atoms. The Balaban J connectivity index is 0. The van der Waals surface area contributed by atoms with E-state index in [9.17, 15) is 0 Å². The summed E-state index contributed by atoms with van der Waals surface area (Å²) in [6.07, 6.45) is 4.08. The van der Waals surface area contributed by atoms with Gasteiger partial charge in [0.15, 0.2) is 0 Å². The van der Waals surface area contributed by atoms with E-state index < -0.39 is 0 Å². The Bertz CT molecular complexity index is 11.4. The zero-order valence-electron chi connectivity index (χ0n) is 4.83. The van der Waals surface area contributed by atoms with E-state index >= 15 is 0 Å². The summed E-state index contributed by atoms with van der Waals surface area (Å²) in [4.78, 5) is 0. The minimum absolute atomic E-state index is 0. The maximum Gasteiger partial charge on any atom is 0 e. The Morgan fingerprint density at radius 2 is 1.33 bits per heavy atom. The molecule has 0 saturated heterocycles. The van der Waals surface area contributed by atoms with Gasteiger partial charge in [0.25, 0.3) is 0 Å². The molecule has 6 heavy (non-hydrogen) atoms. The van der Waals surface area contributed by atoms with Crippen LogP contribution in [-0.4, -0.2) is 0 Å². The third-order valence-electron chi connectivity index (χ3n) is 0.707. The second-order valence-electron chi connectivity index (χ2n) is 1.35. The Kier molecular flexibility index (Phi) is 15.6. The molecule has 0 atom stereocenters. The molecule has 34 valence electrons. The molecule has 1 heteroatoms. The summed E-state index contributed by atoms with van der Waals surface area (Å²) in [6, 6.07) is 0. The molecule has 0 aliphatic carbocycles. The zero-order valence-corrected chi connectivity index (χ0v) is 8.86. The monoisotopic (exact) mass is 186 g/mol. The minimum Gasteiger partial charge on any atom is -0.0654 e. The van der Waals surface area contributed by atoms with Crippen molar-refractivity contribution in [3.8, 4) is 0 Å². The van der Waals surface area contributed by atoms with Crippen molar-refractivity contribution < 1.29 is 27.3 Å². The molecule has 0 heterocycles. The third-order valence-corrected chi connectivity index (χ3v) is 0.707. The van der Waals surface area contributed by atoms with Crippen molar-refractivity contribution in [3.05, 3.63) is 0 Å². The summed E-state index contributed by atoms with van der Waals surface area (Å²) in [7, 11) is 0. The van der Waals surface area contributed by atoms with Gasteiger partial charge in [0.2, 0.25) is 0 Å². The van der Waals surface area contributed by atoms with Gasteiger partial charge in [0, 0.05) is 27.3 Å². The normalized spacial score (nSPS) is 7.00. The summed E-state index contributed by atoms with van der Waals surface area (Å²) in [5, 5.41) is 0. The topological polar surface area (TPSA) is 0 Å². The summed E-state index contributed by atoms with van der Waals surface area (Å²) < 4.78 is 0.